The molecule has 0 fully saturated rings. The van der Waals surface area contributed by atoms with Gasteiger partial charge in [0.15, 0.2) is 0 Å². The highest BCUT2D eigenvalue weighted by atomic mass is 79.9. The summed E-state index contributed by atoms with van der Waals surface area (Å²) in [4.78, 5) is 0.246. The van der Waals surface area contributed by atoms with Crippen LogP contribution in [0, 0.1) is 0 Å². The Kier molecular flexibility index (Phi) is 4.14. The summed E-state index contributed by atoms with van der Waals surface area (Å²) in [5.41, 5.74) is 1.83. The quantitative estimate of drug-likeness (QED) is 0.812. The molecular weight excluding hydrogens is 366 g/mol. The average Bonchev–Trinajstić information content (AvgIpc) is 2.94. The van der Waals surface area contributed by atoms with Crippen LogP contribution in [0.1, 0.15) is 12.5 Å². The van der Waals surface area contributed by atoms with Crippen molar-refractivity contribution in [2.75, 3.05) is 17.5 Å². The molecule has 116 valence electrons. The number of hydrogen-bond donors (Lipinski definition) is 0. The maximum Gasteiger partial charge on any atom is 0.264 e. The second kappa shape index (κ2) is 5.93. The number of hydrogen-bond acceptors (Lipinski definition) is 3. The van der Waals surface area contributed by atoms with Crippen molar-refractivity contribution in [1.29, 1.82) is 0 Å². The van der Waals surface area contributed by atoms with Gasteiger partial charge in [0.25, 0.3) is 10.0 Å². The summed E-state index contributed by atoms with van der Waals surface area (Å²) in [6.45, 7) is 2.82. The Morgan fingerprint density at radius 2 is 2.00 bits per heavy atom. The third-order valence-corrected chi connectivity index (χ3v) is 6.10. The summed E-state index contributed by atoms with van der Waals surface area (Å²) >= 11 is 3.37. The summed E-state index contributed by atoms with van der Waals surface area (Å²) in [5, 5.41) is 0. The van der Waals surface area contributed by atoms with Gasteiger partial charge in [0.05, 0.1) is 21.7 Å². The third kappa shape index (κ3) is 2.61. The number of benzene rings is 2. The standard InChI is InChI=1S/C16H16BrNO3S/c1-2-21-16-11-13(7-8-14(16)17)22(19,20)18-10-9-12-5-3-4-6-15(12)18/h3-8,11H,2,9-10H2,1H3. The number of nitrogens with zero attached hydrogens (tertiary/aromatic N) is 1. The summed E-state index contributed by atoms with van der Waals surface area (Å²) in [6, 6.07) is 12.5. The molecular formula is C16H16BrNO3S. The van der Waals surface area contributed by atoms with Gasteiger partial charge in [-0.2, -0.15) is 0 Å². The Morgan fingerprint density at radius 3 is 2.77 bits per heavy atom. The zero-order valence-corrected chi connectivity index (χ0v) is 14.5. The molecule has 0 aliphatic carbocycles. The zero-order valence-electron chi connectivity index (χ0n) is 12.1. The number of anilines is 1. The first-order chi connectivity index (χ1) is 10.5. The van der Waals surface area contributed by atoms with Gasteiger partial charge in [-0.1, -0.05) is 18.2 Å². The SMILES string of the molecule is CCOc1cc(S(=O)(=O)N2CCc3ccccc32)ccc1Br. The highest BCUT2D eigenvalue weighted by Crippen LogP contribution is 2.35. The molecule has 1 aliphatic rings. The minimum atomic E-state index is -3.58. The van der Waals surface area contributed by atoms with E-state index in [2.05, 4.69) is 15.9 Å². The molecule has 0 radical (unpaired) electrons. The van der Waals surface area contributed by atoms with Gasteiger partial charge in [0.2, 0.25) is 0 Å². The second-order valence-electron chi connectivity index (χ2n) is 4.98. The average molecular weight is 382 g/mol. The lowest BCUT2D eigenvalue weighted by Crippen LogP contribution is -2.29. The fourth-order valence-corrected chi connectivity index (χ4v) is 4.48. The van der Waals surface area contributed by atoms with Gasteiger partial charge in [-0.25, -0.2) is 8.42 Å². The van der Waals surface area contributed by atoms with Crippen LogP contribution in [0.15, 0.2) is 51.8 Å². The van der Waals surface area contributed by atoms with Gasteiger partial charge in [-0.15, -0.1) is 0 Å². The maximum atomic E-state index is 12.9. The summed E-state index contributed by atoms with van der Waals surface area (Å²) in [5.74, 6) is 0.538. The van der Waals surface area contributed by atoms with Gasteiger partial charge in [-0.3, -0.25) is 4.31 Å². The number of fused-ring (bicyclic) bond motifs is 1. The molecule has 1 aliphatic heterocycles. The molecule has 0 bridgehead atoms. The zero-order chi connectivity index (χ0) is 15.7. The van der Waals surface area contributed by atoms with Gasteiger partial charge >= 0.3 is 0 Å². The Morgan fingerprint density at radius 1 is 1.23 bits per heavy atom. The van der Waals surface area contributed by atoms with Crippen molar-refractivity contribution < 1.29 is 13.2 Å². The number of para-hydroxylation sites is 1. The lowest BCUT2D eigenvalue weighted by molar-refractivity contribution is 0.337. The molecule has 0 unspecified atom stereocenters. The van der Waals surface area contributed by atoms with E-state index in [0.29, 0.717) is 18.9 Å². The predicted octanol–water partition coefficient (Wildman–Crippen LogP) is 3.60. The number of ether oxygens (including phenoxy) is 1. The van der Waals surface area contributed by atoms with E-state index >= 15 is 0 Å². The van der Waals surface area contributed by atoms with Crippen LogP contribution in [0.2, 0.25) is 0 Å². The minimum absolute atomic E-state index is 0.246. The Balaban J connectivity index is 2.03. The summed E-state index contributed by atoms with van der Waals surface area (Å²) in [6.07, 6.45) is 0.740. The molecule has 22 heavy (non-hydrogen) atoms. The monoisotopic (exact) mass is 381 g/mol. The molecule has 0 atom stereocenters. The molecule has 2 aromatic rings. The first kappa shape index (κ1) is 15.4. The predicted molar refractivity (Wildman–Crippen MR) is 90.0 cm³/mol. The number of rotatable bonds is 4. The van der Waals surface area contributed by atoms with Crippen molar-refractivity contribution in [3.63, 3.8) is 0 Å². The van der Waals surface area contributed by atoms with Gasteiger partial charge < -0.3 is 4.74 Å². The number of sulfonamides is 1. The largest absolute Gasteiger partial charge is 0.493 e. The molecule has 6 heteroatoms. The van der Waals surface area contributed by atoms with E-state index in [0.717, 1.165) is 22.1 Å². The van der Waals surface area contributed by atoms with Crippen LogP contribution >= 0.6 is 15.9 Å². The normalized spacial score (nSPS) is 14.0. The smallest absolute Gasteiger partial charge is 0.264 e. The van der Waals surface area contributed by atoms with Crippen LogP contribution in [-0.4, -0.2) is 21.6 Å². The molecule has 2 aromatic carbocycles. The Hall–Kier alpha value is -1.53. The molecule has 3 rings (SSSR count). The second-order valence-corrected chi connectivity index (χ2v) is 7.70. The van der Waals surface area contributed by atoms with E-state index in [1.54, 1.807) is 18.2 Å². The summed E-state index contributed by atoms with van der Waals surface area (Å²) < 4.78 is 33.5. The van der Waals surface area contributed by atoms with Crippen molar-refractivity contribution in [2.45, 2.75) is 18.2 Å². The molecule has 0 amide bonds. The molecule has 0 spiro atoms. The van der Waals surface area contributed by atoms with Crippen LogP contribution in [0.4, 0.5) is 5.69 Å². The van der Waals surface area contributed by atoms with Crippen LogP contribution < -0.4 is 9.04 Å². The first-order valence-corrected chi connectivity index (χ1v) is 9.30. The van der Waals surface area contributed by atoms with Crippen LogP contribution in [-0.2, 0) is 16.4 Å². The van der Waals surface area contributed by atoms with E-state index in [1.807, 2.05) is 31.2 Å². The van der Waals surface area contributed by atoms with Gasteiger partial charge in [-0.05, 0) is 53.0 Å². The van der Waals surface area contributed by atoms with E-state index in [1.165, 1.54) is 4.31 Å². The fraction of sp³-hybridized carbons (Fsp3) is 0.250. The van der Waals surface area contributed by atoms with Gasteiger partial charge in [0.1, 0.15) is 5.75 Å². The van der Waals surface area contributed by atoms with Gasteiger partial charge in [0, 0.05) is 12.6 Å². The van der Waals surface area contributed by atoms with Crippen molar-refractivity contribution >= 4 is 31.6 Å². The lowest BCUT2D eigenvalue weighted by atomic mass is 10.2. The lowest BCUT2D eigenvalue weighted by Gasteiger charge is -2.20. The maximum absolute atomic E-state index is 12.9. The number of halogens is 1. The van der Waals surface area contributed by atoms with Crippen molar-refractivity contribution in [2.24, 2.45) is 0 Å². The molecule has 0 N–H and O–H groups in total. The van der Waals surface area contributed by atoms with Crippen molar-refractivity contribution in [1.82, 2.24) is 0 Å². The van der Waals surface area contributed by atoms with Crippen LogP contribution in [0.3, 0.4) is 0 Å². The third-order valence-electron chi connectivity index (χ3n) is 3.64. The van der Waals surface area contributed by atoms with Crippen molar-refractivity contribution in [3.05, 3.63) is 52.5 Å². The topological polar surface area (TPSA) is 46.6 Å². The Labute approximate surface area is 138 Å². The first-order valence-electron chi connectivity index (χ1n) is 7.07. The minimum Gasteiger partial charge on any atom is -0.493 e. The van der Waals surface area contributed by atoms with Crippen LogP contribution in [0.25, 0.3) is 0 Å². The van der Waals surface area contributed by atoms with Crippen LogP contribution in [0.5, 0.6) is 5.75 Å². The molecule has 0 saturated heterocycles. The molecule has 0 saturated carbocycles. The van der Waals surface area contributed by atoms with Crippen molar-refractivity contribution in [3.8, 4) is 5.75 Å². The summed E-state index contributed by atoms with van der Waals surface area (Å²) in [7, 11) is -3.58. The van der Waals surface area contributed by atoms with E-state index in [9.17, 15) is 8.42 Å². The molecule has 0 aromatic heterocycles. The highest BCUT2D eigenvalue weighted by Gasteiger charge is 2.31. The van der Waals surface area contributed by atoms with E-state index in [4.69, 9.17) is 4.74 Å². The highest BCUT2D eigenvalue weighted by molar-refractivity contribution is 9.10. The Bertz CT molecular complexity index is 805. The van der Waals surface area contributed by atoms with E-state index in [-0.39, 0.29) is 4.90 Å². The van der Waals surface area contributed by atoms with E-state index < -0.39 is 10.0 Å². The fourth-order valence-electron chi connectivity index (χ4n) is 2.60. The molecule has 1 heterocycles. The molecule has 4 nitrogen and oxygen atoms in total.